The van der Waals surface area contributed by atoms with E-state index in [2.05, 4.69) is 20.7 Å². The van der Waals surface area contributed by atoms with Crippen molar-refractivity contribution in [2.75, 3.05) is 24.4 Å². The van der Waals surface area contributed by atoms with Crippen molar-refractivity contribution < 1.29 is 13.9 Å². The number of halogens is 1. The molecule has 6 N–H and O–H groups in total. The van der Waals surface area contributed by atoms with Crippen molar-refractivity contribution >= 4 is 34.1 Å². The Hall–Kier alpha value is -3.24. The lowest BCUT2D eigenvalue weighted by molar-refractivity contribution is 0.100. The molecule has 3 rings (SSSR count). The summed E-state index contributed by atoms with van der Waals surface area (Å²) in [6.45, 7) is 4.79. The summed E-state index contributed by atoms with van der Waals surface area (Å²) in [7, 11) is 1.64. The largest absolute Gasteiger partial charge is 0.383 e. The summed E-state index contributed by atoms with van der Waals surface area (Å²) in [5.74, 6) is -1.34. The average Bonchev–Trinajstić information content (AvgIpc) is 3.10. The first kappa shape index (κ1) is 21.5. The Labute approximate surface area is 173 Å². The number of primary amides is 1. The highest BCUT2D eigenvalue weighted by atomic mass is 19.1. The van der Waals surface area contributed by atoms with Crippen LogP contribution in [0.3, 0.4) is 0 Å². The van der Waals surface area contributed by atoms with Gasteiger partial charge in [0.2, 0.25) is 0 Å². The highest BCUT2D eigenvalue weighted by Gasteiger charge is 2.18. The average molecular weight is 415 g/mol. The van der Waals surface area contributed by atoms with Gasteiger partial charge in [-0.25, -0.2) is 9.37 Å². The van der Waals surface area contributed by atoms with Gasteiger partial charge in [-0.3, -0.25) is 9.48 Å². The molecule has 0 saturated carbocycles. The molecule has 0 radical (unpaired) electrons. The molecule has 0 saturated heterocycles. The number of nitrogens with zero attached hydrogens (tertiary/aromatic N) is 3. The number of rotatable bonds is 9. The van der Waals surface area contributed by atoms with E-state index in [9.17, 15) is 9.18 Å². The fourth-order valence-electron chi connectivity index (χ4n) is 2.88. The van der Waals surface area contributed by atoms with Crippen LogP contribution in [0.1, 0.15) is 24.2 Å². The monoisotopic (exact) mass is 415 g/mol. The van der Waals surface area contributed by atoms with Crippen molar-refractivity contribution in [3.63, 3.8) is 0 Å². The number of amides is 1. The fraction of sp³-hybridized carbons (Fsp3) is 0.350. The molecule has 2 atom stereocenters. The van der Waals surface area contributed by atoms with Crippen LogP contribution in [-0.2, 0) is 11.3 Å². The topological polar surface area (TPSA) is 133 Å². The number of anilines is 3. The number of nitrogens with two attached hydrogens (primary N) is 2. The van der Waals surface area contributed by atoms with E-state index in [-0.39, 0.29) is 29.3 Å². The van der Waals surface area contributed by atoms with Gasteiger partial charge in [-0.15, -0.1) is 0 Å². The molecular formula is C20H26FN7O2. The number of benzene rings is 1. The normalized spacial score (nSPS) is 13.2. The third-order valence-electron chi connectivity index (χ3n) is 4.81. The van der Waals surface area contributed by atoms with E-state index in [0.29, 0.717) is 18.8 Å². The zero-order valence-electron chi connectivity index (χ0n) is 17.1. The van der Waals surface area contributed by atoms with Crippen LogP contribution in [0, 0.1) is 5.82 Å². The SMILES string of the molecule is COCCn1ncc2cc(Nc3nc(NC(C)C(C)N)c(F)cc3C(N)=O)ccc21. The first-order valence-electron chi connectivity index (χ1n) is 9.54. The zero-order chi connectivity index (χ0) is 21.8. The summed E-state index contributed by atoms with van der Waals surface area (Å²) in [6.07, 6.45) is 1.74. The summed E-state index contributed by atoms with van der Waals surface area (Å²) in [5, 5.41) is 11.2. The Kier molecular flexibility index (Phi) is 6.48. The van der Waals surface area contributed by atoms with Gasteiger partial charge in [0, 0.05) is 30.3 Å². The van der Waals surface area contributed by atoms with E-state index in [4.69, 9.17) is 16.2 Å². The van der Waals surface area contributed by atoms with E-state index >= 15 is 0 Å². The molecule has 1 aromatic carbocycles. The molecule has 0 fully saturated rings. The predicted octanol–water partition coefficient (Wildman–Crippen LogP) is 2.21. The molecule has 0 aliphatic heterocycles. The molecule has 1 amide bonds. The molecular weight excluding hydrogens is 389 g/mol. The lowest BCUT2D eigenvalue weighted by Crippen LogP contribution is -2.35. The Morgan fingerprint density at radius 2 is 2.07 bits per heavy atom. The smallest absolute Gasteiger partial charge is 0.252 e. The minimum Gasteiger partial charge on any atom is -0.383 e. The highest BCUT2D eigenvalue weighted by molar-refractivity contribution is 5.99. The van der Waals surface area contributed by atoms with Crippen LogP contribution < -0.4 is 22.1 Å². The van der Waals surface area contributed by atoms with E-state index in [1.165, 1.54) is 0 Å². The number of carbonyl (C=O) groups excluding carboxylic acids is 1. The van der Waals surface area contributed by atoms with Crippen LogP contribution in [0.25, 0.3) is 10.9 Å². The van der Waals surface area contributed by atoms with Crippen LogP contribution in [0.5, 0.6) is 0 Å². The number of carbonyl (C=O) groups is 1. The molecule has 30 heavy (non-hydrogen) atoms. The Balaban J connectivity index is 1.93. The van der Waals surface area contributed by atoms with Gasteiger partial charge >= 0.3 is 0 Å². The van der Waals surface area contributed by atoms with E-state index < -0.39 is 11.7 Å². The number of hydrogen-bond donors (Lipinski definition) is 4. The van der Waals surface area contributed by atoms with Gasteiger partial charge < -0.3 is 26.8 Å². The second kappa shape index (κ2) is 9.06. The molecule has 0 aliphatic carbocycles. The number of methoxy groups -OCH3 is 1. The van der Waals surface area contributed by atoms with Crippen molar-refractivity contribution in [2.45, 2.75) is 32.5 Å². The number of hydrogen-bond acceptors (Lipinski definition) is 7. The number of pyridine rings is 1. The summed E-state index contributed by atoms with van der Waals surface area (Å²) in [6, 6.07) is 6.18. The van der Waals surface area contributed by atoms with Gasteiger partial charge in [0.15, 0.2) is 11.6 Å². The summed E-state index contributed by atoms with van der Waals surface area (Å²) in [5.41, 5.74) is 12.8. The van der Waals surface area contributed by atoms with Crippen molar-refractivity contribution in [3.05, 3.63) is 41.8 Å². The van der Waals surface area contributed by atoms with Gasteiger partial charge in [-0.1, -0.05) is 0 Å². The van der Waals surface area contributed by atoms with Crippen LogP contribution in [0.15, 0.2) is 30.5 Å². The predicted molar refractivity (Wildman–Crippen MR) is 114 cm³/mol. The van der Waals surface area contributed by atoms with Crippen molar-refractivity contribution in [2.24, 2.45) is 11.5 Å². The third kappa shape index (κ3) is 4.66. The summed E-state index contributed by atoms with van der Waals surface area (Å²) in [4.78, 5) is 16.1. The molecule has 0 spiro atoms. The van der Waals surface area contributed by atoms with Gasteiger partial charge in [0.1, 0.15) is 5.82 Å². The Bertz CT molecular complexity index is 1050. The Morgan fingerprint density at radius 1 is 1.30 bits per heavy atom. The lowest BCUT2D eigenvalue weighted by atomic mass is 10.1. The molecule has 2 unspecified atom stereocenters. The van der Waals surface area contributed by atoms with Gasteiger partial charge in [0.25, 0.3) is 5.91 Å². The molecule has 10 heteroatoms. The first-order chi connectivity index (χ1) is 14.3. The standard InChI is InChI=1S/C20H26FN7O2/c1-11(22)12(2)25-20-16(21)9-15(18(23)29)19(27-20)26-14-4-5-17-13(8-14)10-24-28(17)6-7-30-3/h4-5,8-12H,6-7,22H2,1-3H3,(H2,23,29)(H2,25,26,27). The number of aromatic nitrogens is 3. The number of ether oxygens (including phenoxy) is 1. The van der Waals surface area contributed by atoms with E-state index in [1.54, 1.807) is 20.2 Å². The maximum Gasteiger partial charge on any atom is 0.252 e. The maximum atomic E-state index is 14.4. The van der Waals surface area contributed by atoms with Crippen LogP contribution in [-0.4, -0.2) is 46.5 Å². The first-order valence-corrected chi connectivity index (χ1v) is 9.54. The maximum absolute atomic E-state index is 14.4. The molecule has 2 aromatic heterocycles. The van der Waals surface area contributed by atoms with Crippen molar-refractivity contribution in [1.29, 1.82) is 0 Å². The molecule has 3 aromatic rings. The van der Waals surface area contributed by atoms with Crippen LogP contribution in [0.4, 0.5) is 21.7 Å². The minimum atomic E-state index is -0.788. The molecule has 160 valence electrons. The van der Waals surface area contributed by atoms with Gasteiger partial charge in [0.05, 0.1) is 30.4 Å². The van der Waals surface area contributed by atoms with Crippen LogP contribution in [0.2, 0.25) is 0 Å². The highest BCUT2D eigenvalue weighted by Crippen LogP contribution is 2.26. The number of fused-ring (bicyclic) bond motifs is 1. The number of nitrogens with one attached hydrogen (secondary N) is 2. The zero-order valence-corrected chi connectivity index (χ0v) is 17.1. The Morgan fingerprint density at radius 3 is 2.73 bits per heavy atom. The van der Waals surface area contributed by atoms with Crippen molar-refractivity contribution in [3.8, 4) is 0 Å². The van der Waals surface area contributed by atoms with Crippen LogP contribution >= 0.6 is 0 Å². The molecule has 9 nitrogen and oxygen atoms in total. The molecule has 0 aliphatic rings. The van der Waals surface area contributed by atoms with Gasteiger partial charge in [-0.05, 0) is 38.1 Å². The molecule has 0 bridgehead atoms. The minimum absolute atomic E-state index is 0.0132. The summed E-state index contributed by atoms with van der Waals surface area (Å²) < 4.78 is 21.4. The van der Waals surface area contributed by atoms with E-state index in [0.717, 1.165) is 17.0 Å². The second-order valence-corrected chi connectivity index (χ2v) is 7.13. The summed E-state index contributed by atoms with van der Waals surface area (Å²) >= 11 is 0. The van der Waals surface area contributed by atoms with Crippen molar-refractivity contribution in [1.82, 2.24) is 14.8 Å². The molecule has 2 heterocycles. The quantitative estimate of drug-likeness (QED) is 0.421. The lowest BCUT2D eigenvalue weighted by Gasteiger charge is -2.20. The van der Waals surface area contributed by atoms with Gasteiger partial charge in [-0.2, -0.15) is 5.10 Å². The fourth-order valence-corrected chi connectivity index (χ4v) is 2.88. The third-order valence-corrected chi connectivity index (χ3v) is 4.81. The second-order valence-electron chi connectivity index (χ2n) is 7.13. The van der Waals surface area contributed by atoms with E-state index in [1.807, 2.05) is 29.8 Å².